The highest BCUT2D eigenvalue weighted by molar-refractivity contribution is 6.08. The quantitative estimate of drug-likeness (QED) is 0.340. The highest BCUT2D eigenvalue weighted by atomic mass is 16.5. The van der Waals surface area contributed by atoms with E-state index in [0.29, 0.717) is 29.2 Å². The van der Waals surface area contributed by atoms with Crippen molar-refractivity contribution in [2.24, 2.45) is 7.05 Å². The summed E-state index contributed by atoms with van der Waals surface area (Å²) >= 11 is 0. The molecule has 0 N–H and O–H groups in total. The molecule has 0 atom stereocenters. The molecule has 5 rings (SSSR count). The molecule has 0 saturated heterocycles. The van der Waals surface area contributed by atoms with Crippen molar-refractivity contribution in [3.8, 4) is 11.3 Å². The smallest absolute Gasteiger partial charge is 0.234 e. The maximum Gasteiger partial charge on any atom is 0.234 e. The van der Waals surface area contributed by atoms with Crippen molar-refractivity contribution in [2.45, 2.75) is 19.3 Å². The number of hydrogen-bond acceptors (Lipinski definition) is 7. The second-order valence-electron chi connectivity index (χ2n) is 7.65. The summed E-state index contributed by atoms with van der Waals surface area (Å²) in [7, 11) is 1.65. The van der Waals surface area contributed by atoms with Crippen LogP contribution in [0, 0.1) is 0 Å². The number of carbonyl (C=O) groups is 2. The molecule has 0 fully saturated rings. The summed E-state index contributed by atoms with van der Waals surface area (Å²) < 4.78 is 8.29. The number of fused-ring (bicyclic) bond motifs is 1. The maximum absolute atomic E-state index is 13.1. The monoisotopic (exact) mass is 440 g/mol. The first-order chi connectivity index (χ1) is 16.1. The van der Waals surface area contributed by atoms with Gasteiger partial charge in [0.2, 0.25) is 5.78 Å². The third kappa shape index (κ3) is 4.20. The lowest BCUT2D eigenvalue weighted by molar-refractivity contribution is 0.0948. The first kappa shape index (κ1) is 20.5. The van der Waals surface area contributed by atoms with Crippen molar-refractivity contribution in [3.05, 3.63) is 90.0 Å². The molecule has 5 aromatic rings. The minimum absolute atomic E-state index is 0.0337. The van der Waals surface area contributed by atoms with E-state index in [9.17, 15) is 9.59 Å². The zero-order valence-corrected chi connectivity index (χ0v) is 17.9. The minimum Gasteiger partial charge on any atom is -0.361 e. The third-order valence-corrected chi connectivity index (χ3v) is 5.39. The van der Waals surface area contributed by atoms with Crippen LogP contribution in [-0.2, 0) is 19.9 Å². The van der Waals surface area contributed by atoms with Gasteiger partial charge in [-0.2, -0.15) is 5.10 Å². The Morgan fingerprint density at radius 3 is 2.67 bits per heavy atom. The molecule has 0 aliphatic carbocycles. The topological polar surface area (TPSA) is 108 Å². The Labute approximate surface area is 188 Å². The van der Waals surface area contributed by atoms with Gasteiger partial charge in [0.1, 0.15) is 11.5 Å². The van der Waals surface area contributed by atoms with E-state index in [1.165, 1.54) is 17.1 Å². The van der Waals surface area contributed by atoms with Crippen molar-refractivity contribution >= 4 is 17.3 Å². The number of rotatable bonds is 8. The summed E-state index contributed by atoms with van der Waals surface area (Å²) in [6, 6.07) is 13.3. The van der Waals surface area contributed by atoms with Crippen LogP contribution < -0.4 is 0 Å². The number of benzene rings is 1. The van der Waals surface area contributed by atoms with Crippen LogP contribution in [0.4, 0.5) is 0 Å². The van der Waals surface area contributed by atoms with E-state index in [2.05, 4.69) is 20.2 Å². The Hall–Kier alpha value is -4.40. The fourth-order valence-electron chi connectivity index (χ4n) is 3.72. The summed E-state index contributed by atoms with van der Waals surface area (Å²) in [5.41, 5.74) is 2.93. The predicted molar refractivity (Wildman–Crippen MR) is 119 cm³/mol. The van der Waals surface area contributed by atoms with E-state index in [4.69, 9.17) is 4.52 Å². The zero-order valence-electron chi connectivity index (χ0n) is 17.9. The SMILES string of the molecule is Cn1ncc(C(=O)CCc2ccno2)c1C(=O)Cc1ccn2cc(-c3ccccc3)nc2n1. The van der Waals surface area contributed by atoms with E-state index in [-0.39, 0.29) is 30.1 Å². The molecular weight excluding hydrogens is 420 g/mol. The highest BCUT2D eigenvalue weighted by Crippen LogP contribution is 2.19. The number of aryl methyl sites for hydroxylation is 2. The van der Waals surface area contributed by atoms with Gasteiger partial charge in [0, 0.05) is 43.9 Å². The molecule has 164 valence electrons. The summed E-state index contributed by atoms with van der Waals surface area (Å²) in [6.07, 6.45) is 7.34. The van der Waals surface area contributed by atoms with Crippen LogP contribution in [0.25, 0.3) is 17.0 Å². The molecule has 1 aromatic carbocycles. The number of hydrogen-bond donors (Lipinski definition) is 0. The van der Waals surface area contributed by atoms with E-state index in [0.717, 1.165) is 11.3 Å². The van der Waals surface area contributed by atoms with Crippen LogP contribution in [0.5, 0.6) is 0 Å². The van der Waals surface area contributed by atoms with Gasteiger partial charge >= 0.3 is 0 Å². The average molecular weight is 440 g/mol. The standard InChI is InChI=1S/C24H20N6O3/c1-29-23(19(14-25-29)21(31)8-7-18-9-11-26-33-18)22(32)13-17-10-12-30-15-20(28-24(30)27-17)16-5-3-2-4-6-16/h2-6,9-12,14-15H,7-8,13H2,1H3. The molecule has 4 aromatic heterocycles. The largest absolute Gasteiger partial charge is 0.361 e. The summed E-state index contributed by atoms with van der Waals surface area (Å²) in [6.45, 7) is 0. The molecule has 0 saturated carbocycles. The van der Waals surface area contributed by atoms with Gasteiger partial charge in [-0.15, -0.1) is 0 Å². The Kier molecular flexibility index (Phi) is 5.35. The fourth-order valence-corrected chi connectivity index (χ4v) is 3.72. The molecule has 0 spiro atoms. The van der Waals surface area contributed by atoms with Crippen molar-refractivity contribution in [3.63, 3.8) is 0 Å². The van der Waals surface area contributed by atoms with Crippen LogP contribution in [0.1, 0.15) is 38.7 Å². The number of nitrogens with zero attached hydrogens (tertiary/aromatic N) is 6. The van der Waals surface area contributed by atoms with E-state index in [1.807, 2.05) is 47.1 Å². The second kappa shape index (κ2) is 8.62. The lowest BCUT2D eigenvalue weighted by Gasteiger charge is -2.05. The Morgan fingerprint density at radius 1 is 1.03 bits per heavy atom. The average Bonchev–Trinajstić information content (AvgIpc) is 3.57. The number of imidazole rings is 1. The lowest BCUT2D eigenvalue weighted by Crippen LogP contribution is -2.15. The van der Waals surface area contributed by atoms with Crippen LogP contribution in [0.15, 0.2) is 71.8 Å². The van der Waals surface area contributed by atoms with Gasteiger partial charge < -0.3 is 4.52 Å². The molecule has 0 aliphatic heterocycles. The first-order valence-electron chi connectivity index (χ1n) is 10.5. The molecule has 0 unspecified atom stereocenters. The zero-order chi connectivity index (χ0) is 22.8. The van der Waals surface area contributed by atoms with Crippen molar-refractivity contribution in [2.75, 3.05) is 0 Å². The van der Waals surface area contributed by atoms with E-state index in [1.54, 1.807) is 19.2 Å². The van der Waals surface area contributed by atoms with Gasteiger partial charge in [0.25, 0.3) is 0 Å². The van der Waals surface area contributed by atoms with Gasteiger partial charge in [0.05, 0.1) is 35.8 Å². The maximum atomic E-state index is 13.1. The molecule has 0 aliphatic rings. The Balaban J connectivity index is 1.35. The number of aromatic nitrogens is 6. The predicted octanol–water partition coefficient (Wildman–Crippen LogP) is 3.36. The van der Waals surface area contributed by atoms with Gasteiger partial charge in [-0.3, -0.25) is 18.7 Å². The summed E-state index contributed by atoms with van der Waals surface area (Å²) in [5, 5.41) is 7.77. The third-order valence-electron chi connectivity index (χ3n) is 5.39. The molecule has 0 bridgehead atoms. The van der Waals surface area contributed by atoms with E-state index >= 15 is 0 Å². The minimum atomic E-state index is -0.232. The Bertz CT molecular complexity index is 1430. The van der Waals surface area contributed by atoms with Gasteiger partial charge in [-0.25, -0.2) is 9.97 Å². The lowest BCUT2D eigenvalue weighted by atomic mass is 10.0. The van der Waals surface area contributed by atoms with Crippen LogP contribution >= 0.6 is 0 Å². The van der Waals surface area contributed by atoms with Gasteiger partial charge in [-0.1, -0.05) is 35.5 Å². The Morgan fingerprint density at radius 2 is 1.88 bits per heavy atom. The fraction of sp³-hybridized carbons (Fsp3) is 0.167. The van der Waals surface area contributed by atoms with Gasteiger partial charge in [-0.05, 0) is 6.07 Å². The number of ketones is 2. The molecule has 0 radical (unpaired) electrons. The molecule has 9 nitrogen and oxygen atoms in total. The molecule has 0 amide bonds. The molecule has 33 heavy (non-hydrogen) atoms. The summed E-state index contributed by atoms with van der Waals surface area (Å²) in [4.78, 5) is 35.0. The van der Waals surface area contributed by atoms with Gasteiger partial charge in [0.15, 0.2) is 11.6 Å². The van der Waals surface area contributed by atoms with Crippen molar-refractivity contribution in [1.29, 1.82) is 0 Å². The van der Waals surface area contributed by atoms with Crippen LogP contribution in [0.3, 0.4) is 0 Å². The van der Waals surface area contributed by atoms with Crippen molar-refractivity contribution < 1.29 is 14.1 Å². The summed E-state index contributed by atoms with van der Waals surface area (Å²) in [5.74, 6) is 0.719. The number of Topliss-reactive ketones (excluding diaryl/α,β-unsaturated/α-hetero) is 2. The number of carbonyl (C=O) groups excluding carboxylic acids is 2. The van der Waals surface area contributed by atoms with Crippen molar-refractivity contribution in [1.82, 2.24) is 29.3 Å². The molecule has 9 heteroatoms. The van der Waals surface area contributed by atoms with E-state index < -0.39 is 0 Å². The first-order valence-corrected chi connectivity index (χ1v) is 10.5. The highest BCUT2D eigenvalue weighted by Gasteiger charge is 2.23. The molecule has 4 heterocycles. The second-order valence-corrected chi connectivity index (χ2v) is 7.65. The van der Waals surface area contributed by atoms with Crippen LogP contribution in [0.2, 0.25) is 0 Å². The normalized spacial score (nSPS) is 11.2. The van der Waals surface area contributed by atoms with Crippen LogP contribution in [-0.4, -0.2) is 40.9 Å². The molecular formula is C24H20N6O3.